The summed E-state index contributed by atoms with van der Waals surface area (Å²) in [5.74, 6) is 0.890. The second-order valence-electron chi connectivity index (χ2n) is 3.24. The van der Waals surface area contributed by atoms with Crippen molar-refractivity contribution in [3.8, 4) is 5.75 Å². The minimum Gasteiger partial charge on any atom is -0.494 e. The molecule has 0 radical (unpaired) electrons. The highest BCUT2D eigenvalue weighted by Gasteiger charge is 1.99. The van der Waals surface area contributed by atoms with Crippen LogP contribution in [0.25, 0.3) is 0 Å². The number of nitrogens with one attached hydrogen (secondary N) is 1. The fourth-order valence-corrected chi connectivity index (χ4v) is 1.19. The number of rotatable bonds is 5. The van der Waals surface area contributed by atoms with Gasteiger partial charge in [-0.15, -0.1) is 0 Å². The summed E-state index contributed by atoms with van der Waals surface area (Å²) in [4.78, 5) is 0. The quantitative estimate of drug-likeness (QED) is 0.752. The number of nitrogens with two attached hydrogens (primary N) is 1. The first-order valence-corrected chi connectivity index (χ1v) is 4.95. The number of anilines is 1. The fraction of sp³-hybridized carbons (Fsp3) is 0.455. The van der Waals surface area contributed by atoms with Gasteiger partial charge in [0.05, 0.1) is 6.61 Å². The van der Waals surface area contributed by atoms with Crippen molar-refractivity contribution >= 4 is 5.69 Å². The Hall–Kier alpha value is -1.22. The van der Waals surface area contributed by atoms with E-state index in [1.165, 1.54) is 0 Å². The molecule has 0 aliphatic heterocycles. The molecule has 1 aromatic rings. The van der Waals surface area contributed by atoms with E-state index in [0.717, 1.165) is 11.4 Å². The Morgan fingerprint density at radius 3 is 2.93 bits per heavy atom. The van der Waals surface area contributed by atoms with Crippen LogP contribution in [0.15, 0.2) is 24.3 Å². The molecular weight excluding hydrogens is 176 g/mol. The standard InChI is InChI=1S/C11H18N2O/c1-3-14-11-6-4-5-10(7-11)13-9(2)8-12/h4-7,9,13H,3,8,12H2,1-2H3. The second-order valence-corrected chi connectivity index (χ2v) is 3.24. The van der Waals surface area contributed by atoms with E-state index < -0.39 is 0 Å². The smallest absolute Gasteiger partial charge is 0.121 e. The van der Waals surface area contributed by atoms with Crippen molar-refractivity contribution in [1.29, 1.82) is 0 Å². The lowest BCUT2D eigenvalue weighted by Gasteiger charge is -2.13. The highest BCUT2D eigenvalue weighted by Crippen LogP contribution is 2.17. The third-order valence-electron chi connectivity index (χ3n) is 1.91. The normalized spacial score (nSPS) is 12.2. The Bertz CT molecular complexity index is 276. The molecule has 1 atom stereocenters. The molecule has 0 aliphatic rings. The topological polar surface area (TPSA) is 47.3 Å². The molecule has 0 saturated heterocycles. The summed E-state index contributed by atoms with van der Waals surface area (Å²) in [6.07, 6.45) is 0. The summed E-state index contributed by atoms with van der Waals surface area (Å²) >= 11 is 0. The lowest BCUT2D eigenvalue weighted by molar-refractivity contribution is 0.340. The second kappa shape index (κ2) is 5.50. The van der Waals surface area contributed by atoms with Crippen LogP contribution in [-0.4, -0.2) is 19.2 Å². The Labute approximate surface area is 85.3 Å². The van der Waals surface area contributed by atoms with Crippen molar-refractivity contribution in [2.75, 3.05) is 18.5 Å². The zero-order chi connectivity index (χ0) is 10.4. The molecule has 0 bridgehead atoms. The first-order chi connectivity index (χ1) is 6.76. The summed E-state index contributed by atoms with van der Waals surface area (Å²) in [6.45, 7) is 5.34. The first kappa shape index (κ1) is 10.9. The monoisotopic (exact) mass is 194 g/mol. The number of hydrogen-bond donors (Lipinski definition) is 2. The van der Waals surface area contributed by atoms with Crippen LogP contribution in [0, 0.1) is 0 Å². The van der Waals surface area contributed by atoms with E-state index in [1.807, 2.05) is 38.1 Å². The molecule has 3 heteroatoms. The van der Waals surface area contributed by atoms with Crippen molar-refractivity contribution in [2.45, 2.75) is 19.9 Å². The Balaban J connectivity index is 2.63. The molecule has 0 aliphatic carbocycles. The van der Waals surface area contributed by atoms with Gasteiger partial charge in [0.1, 0.15) is 5.75 Å². The van der Waals surface area contributed by atoms with Gasteiger partial charge in [-0.1, -0.05) is 6.07 Å². The van der Waals surface area contributed by atoms with E-state index in [4.69, 9.17) is 10.5 Å². The van der Waals surface area contributed by atoms with Crippen molar-refractivity contribution in [3.05, 3.63) is 24.3 Å². The molecule has 1 aromatic carbocycles. The van der Waals surface area contributed by atoms with Crippen molar-refractivity contribution < 1.29 is 4.74 Å². The van der Waals surface area contributed by atoms with Gasteiger partial charge in [0.25, 0.3) is 0 Å². The predicted octanol–water partition coefficient (Wildman–Crippen LogP) is 1.84. The van der Waals surface area contributed by atoms with Gasteiger partial charge in [-0.25, -0.2) is 0 Å². The van der Waals surface area contributed by atoms with Gasteiger partial charge >= 0.3 is 0 Å². The molecule has 0 amide bonds. The lowest BCUT2D eigenvalue weighted by atomic mass is 10.2. The van der Waals surface area contributed by atoms with Gasteiger partial charge in [-0.05, 0) is 26.0 Å². The summed E-state index contributed by atoms with van der Waals surface area (Å²) < 4.78 is 5.39. The van der Waals surface area contributed by atoms with E-state index in [1.54, 1.807) is 0 Å². The molecule has 0 heterocycles. The molecule has 1 rings (SSSR count). The molecule has 0 fully saturated rings. The van der Waals surface area contributed by atoms with Crippen LogP contribution in [0.3, 0.4) is 0 Å². The average molecular weight is 194 g/mol. The van der Waals surface area contributed by atoms with E-state index in [2.05, 4.69) is 5.32 Å². The highest BCUT2D eigenvalue weighted by molar-refractivity contribution is 5.48. The fourth-order valence-electron chi connectivity index (χ4n) is 1.19. The van der Waals surface area contributed by atoms with Crippen molar-refractivity contribution in [2.24, 2.45) is 5.73 Å². The minimum absolute atomic E-state index is 0.284. The SMILES string of the molecule is CCOc1cccc(NC(C)CN)c1. The maximum atomic E-state index is 5.52. The molecule has 0 aromatic heterocycles. The molecule has 14 heavy (non-hydrogen) atoms. The molecular formula is C11H18N2O. The van der Waals surface area contributed by atoms with Gasteiger partial charge in [0.2, 0.25) is 0 Å². The Morgan fingerprint density at radius 2 is 2.29 bits per heavy atom. The molecule has 3 nitrogen and oxygen atoms in total. The van der Waals surface area contributed by atoms with E-state index in [9.17, 15) is 0 Å². The zero-order valence-corrected chi connectivity index (χ0v) is 8.79. The number of hydrogen-bond acceptors (Lipinski definition) is 3. The maximum Gasteiger partial charge on any atom is 0.121 e. The molecule has 3 N–H and O–H groups in total. The van der Waals surface area contributed by atoms with Gasteiger partial charge < -0.3 is 15.8 Å². The summed E-state index contributed by atoms with van der Waals surface area (Å²) in [7, 11) is 0. The number of benzene rings is 1. The van der Waals surface area contributed by atoms with Gasteiger partial charge in [0.15, 0.2) is 0 Å². The molecule has 0 saturated carbocycles. The summed E-state index contributed by atoms with van der Waals surface area (Å²) in [5, 5.41) is 3.29. The van der Waals surface area contributed by atoms with E-state index >= 15 is 0 Å². The maximum absolute atomic E-state index is 5.52. The molecule has 1 unspecified atom stereocenters. The van der Waals surface area contributed by atoms with Crippen LogP contribution in [0.2, 0.25) is 0 Å². The van der Waals surface area contributed by atoms with Crippen LogP contribution < -0.4 is 15.8 Å². The highest BCUT2D eigenvalue weighted by atomic mass is 16.5. The average Bonchev–Trinajstić information content (AvgIpc) is 2.19. The van der Waals surface area contributed by atoms with Gasteiger partial charge in [0, 0.05) is 24.3 Å². The first-order valence-electron chi connectivity index (χ1n) is 4.95. The van der Waals surface area contributed by atoms with E-state index in [0.29, 0.717) is 13.2 Å². The third-order valence-corrected chi connectivity index (χ3v) is 1.91. The predicted molar refractivity (Wildman–Crippen MR) is 59.8 cm³/mol. The third kappa shape index (κ3) is 3.26. The van der Waals surface area contributed by atoms with Gasteiger partial charge in [-0.2, -0.15) is 0 Å². The minimum atomic E-state index is 0.284. The lowest BCUT2D eigenvalue weighted by Crippen LogP contribution is -2.25. The van der Waals surface area contributed by atoms with Gasteiger partial charge in [-0.3, -0.25) is 0 Å². The van der Waals surface area contributed by atoms with Crippen LogP contribution in [0.4, 0.5) is 5.69 Å². The van der Waals surface area contributed by atoms with Crippen LogP contribution in [-0.2, 0) is 0 Å². The van der Waals surface area contributed by atoms with E-state index in [-0.39, 0.29) is 6.04 Å². The molecule has 0 spiro atoms. The largest absolute Gasteiger partial charge is 0.494 e. The van der Waals surface area contributed by atoms with Crippen LogP contribution in [0.5, 0.6) is 5.75 Å². The van der Waals surface area contributed by atoms with Crippen molar-refractivity contribution in [3.63, 3.8) is 0 Å². The zero-order valence-electron chi connectivity index (χ0n) is 8.79. The summed E-state index contributed by atoms with van der Waals surface area (Å²) in [6, 6.07) is 8.19. The summed E-state index contributed by atoms with van der Waals surface area (Å²) in [5.41, 5.74) is 6.57. The van der Waals surface area contributed by atoms with Crippen LogP contribution in [0.1, 0.15) is 13.8 Å². The van der Waals surface area contributed by atoms with Crippen LogP contribution >= 0.6 is 0 Å². The Kier molecular flexibility index (Phi) is 4.26. The Morgan fingerprint density at radius 1 is 1.50 bits per heavy atom. The number of ether oxygens (including phenoxy) is 1. The molecule has 78 valence electrons. The van der Waals surface area contributed by atoms with Crippen molar-refractivity contribution in [1.82, 2.24) is 0 Å².